The number of amides is 1. The van der Waals surface area contributed by atoms with Crippen LogP contribution < -0.4 is 10.1 Å². The zero-order valence-electron chi connectivity index (χ0n) is 17.5. The molecular formula is C22H21F5N2O3. The van der Waals surface area contributed by atoms with Crippen molar-refractivity contribution in [2.75, 3.05) is 7.11 Å². The number of benzene rings is 2. The Morgan fingerprint density at radius 1 is 1.16 bits per heavy atom. The number of hydrogen-bond donors (Lipinski definition) is 2. The fraction of sp³-hybridized carbons (Fsp3) is 0.364. The monoisotopic (exact) mass is 456 g/mol. The molecule has 0 bridgehead atoms. The number of nitrogens with zero attached hydrogens (tertiary/aromatic N) is 1. The molecule has 1 heterocycles. The van der Waals surface area contributed by atoms with Crippen molar-refractivity contribution in [2.24, 2.45) is 4.99 Å². The molecule has 0 fully saturated rings. The Balaban J connectivity index is 2.03. The summed E-state index contributed by atoms with van der Waals surface area (Å²) in [5, 5.41) is 13.1. The summed E-state index contributed by atoms with van der Waals surface area (Å²) in [5.41, 5.74) is -4.74. The van der Waals surface area contributed by atoms with E-state index >= 15 is 0 Å². The van der Waals surface area contributed by atoms with Gasteiger partial charge in [0.15, 0.2) is 5.60 Å². The fourth-order valence-corrected chi connectivity index (χ4v) is 3.76. The number of ether oxygens (including phenoxy) is 1. The first-order valence-electron chi connectivity index (χ1n) is 9.56. The van der Waals surface area contributed by atoms with Crippen LogP contribution >= 0.6 is 0 Å². The van der Waals surface area contributed by atoms with Gasteiger partial charge in [0.25, 0.3) is 5.91 Å². The number of fused-ring (bicyclic) bond motifs is 1. The second-order valence-corrected chi connectivity index (χ2v) is 8.22. The Labute approximate surface area is 180 Å². The van der Waals surface area contributed by atoms with Crippen LogP contribution in [0.3, 0.4) is 0 Å². The van der Waals surface area contributed by atoms with Gasteiger partial charge in [0.05, 0.1) is 12.8 Å². The molecule has 172 valence electrons. The van der Waals surface area contributed by atoms with E-state index in [0.717, 1.165) is 24.3 Å². The number of rotatable bonds is 6. The highest BCUT2D eigenvalue weighted by Gasteiger charge is 2.55. The third-order valence-electron chi connectivity index (χ3n) is 5.37. The molecule has 0 aromatic heterocycles. The normalized spacial score (nSPS) is 16.1. The first-order chi connectivity index (χ1) is 14.8. The van der Waals surface area contributed by atoms with Crippen molar-refractivity contribution in [3.63, 3.8) is 0 Å². The van der Waals surface area contributed by atoms with E-state index in [0.29, 0.717) is 6.21 Å². The number of nitrogens with one attached hydrogen (secondary N) is 1. The Morgan fingerprint density at radius 2 is 1.84 bits per heavy atom. The first-order valence-corrected chi connectivity index (χ1v) is 9.56. The van der Waals surface area contributed by atoms with Crippen molar-refractivity contribution >= 4 is 17.8 Å². The van der Waals surface area contributed by atoms with Crippen LogP contribution in [0.4, 0.5) is 27.6 Å². The lowest BCUT2D eigenvalue weighted by Crippen LogP contribution is -2.50. The van der Waals surface area contributed by atoms with Crippen molar-refractivity contribution < 1.29 is 36.6 Å². The zero-order chi connectivity index (χ0) is 23.9. The van der Waals surface area contributed by atoms with Crippen LogP contribution in [0.25, 0.3) is 0 Å². The van der Waals surface area contributed by atoms with E-state index in [9.17, 15) is 31.9 Å². The summed E-state index contributed by atoms with van der Waals surface area (Å²) in [6.07, 6.45) is -5.79. The third kappa shape index (κ3) is 4.45. The van der Waals surface area contributed by atoms with E-state index in [1.165, 1.54) is 27.0 Å². The predicted molar refractivity (Wildman–Crippen MR) is 107 cm³/mol. The minimum absolute atomic E-state index is 0.0301. The molecule has 10 heteroatoms. The summed E-state index contributed by atoms with van der Waals surface area (Å²) < 4.78 is 74.7. The average Bonchev–Trinajstić information content (AvgIpc) is 3.05. The quantitative estimate of drug-likeness (QED) is 0.494. The molecule has 2 N–H and O–H groups in total. The SMILES string of the molecule is COc1ccc(F)cc1C(C)(C)CC(O)(/C=N/c1cc(F)cc2c1CNC2=O)C(F)(F)F. The number of carbonyl (C=O) groups excluding carboxylic acids is 1. The van der Waals surface area contributed by atoms with Crippen molar-refractivity contribution in [2.45, 2.75) is 44.0 Å². The molecule has 1 amide bonds. The fourth-order valence-electron chi connectivity index (χ4n) is 3.76. The van der Waals surface area contributed by atoms with Gasteiger partial charge in [0, 0.05) is 29.4 Å². The summed E-state index contributed by atoms with van der Waals surface area (Å²) in [6.45, 7) is 2.77. The Bertz CT molecular complexity index is 1080. The summed E-state index contributed by atoms with van der Waals surface area (Å²) in [7, 11) is 1.30. The van der Waals surface area contributed by atoms with E-state index in [1.807, 2.05) is 0 Å². The van der Waals surface area contributed by atoms with Gasteiger partial charge >= 0.3 is 6.18 Å². The maximum Gasteiger partial charge on any atom is 0.422 e. The second kappa shape index (κ2) is 8.16. The molecule has 0 aliphatic carbocycles. The second-order valence-electron chi connectivity index (χ2n) is 8.22. The summed E-state index contributed by atoms with van der Waals surface area (Å²) in [5.74, 6) is -1.94. The molecule has 2 aromatic rings. The van der Waals surface area contributed by atoms with E-state index in [2.05, 4.69) is 10.3 Å². The minimum Gasteiger partial charge on any atom is -0.496 e. The maximum atomic E-state index is 13.9. The van der Waals surface area contributed by atoms with E-state index < -0.39 is 41.2 Å². The van der Waals surface area contributed by atoms with E-state index in [1.54, 1.807) is 0 Å². The van der Waals surface area contributed by atoms with Gasteiger partial charge in [0.2, 0.25) is 0 Å². The van der Waals surface area contributed by atoms with Crippen molar-refractivity contribution in [3.8, 4) is 5.75 Å². The highest BCUT2D eigenvalue weighted by atomic mass is 19.4. The average molecular weight is 456 g/mol. The Hall–Kier alpha value is -3.01. The molecular weight excluding hydrogens is 435 g/mol. The van der Waals surface area contributed by atoms with E-state index in [4.69, 9.17) is 4.74 Å². The van der Waals surface area contributed by atoms with Crippen molar-refractivity contribution in [1.29, 1.82) is 0 Å². The van der Waals surface area contributed by atoms with Gasteiger partial charge in [-0.15, -0.1) is 0 Å². The number of halogens is 5. The van der Waals surface area contributed by atoms with Gasteiger partial charge in [-0.25, -0.2) is 8.78 Å². The highest BCUT2D eigenvalue weighted by molar-refractivity contribution is 6.00. The standard InChI is InChI=1S/C22H21F5N2O3/c1-20(2,16-7-12(23)4-5-18(16)32-3)10-21(31,22(25,26)27)11-29-17-8-13(24)6-14-15(17)9-28-19(14)30/h4-8,11,31H,9-10H2,1-3H3,(H,28,30)/b29-11+. The highest BCUT2D eigenvalue weighted by Crippen LogP contribution is 2.43. The van der Waals surface area contributed by atoms with Gasteiger partial charge < -0.3 is 15.2 Å². The van der Waals surface area contributed by atoms with Crippen LogP contribution in [0.2, 0.25) is 0 Å². The van der Waals surface area contributed by atoms with Gasteiger partial charge in [-0.3, -0.25) is 9.79 Å². The zero-order valence-corrected chi connectivity index (χ0v) is 17.5. The number of carbonyl (C=O) groups is 1. The summed E-state index contributed by atoms with van der Waals surface area (Å²) in [6, 6.07) is 5.28. The summed E-state index contributed by atoms with van der Waals surface area (Å²) >= 11 is 0. The molecule has 1 aliphatic rings. The van der Waals surface area contributed by atoms with Crippen LogP contribution in [0, 0.1) is 11.6 Å². The number of methoxy groups -OCH3 is 1. The van der Waals surface area contributed by atoms with Crippen molar-refractivity contribution in [3.05, 3.63) is 58.7 Å². The number of aliphatic hydroxyl groups is 1. The van der Waals surface area contributed by atoms with E-state index in [-0.39, 0.29) is 34.7 Å². The lowest BCUT2D eigenvalue weighted by atomic mass is 9.74. The number of aliphatic imine (C=N–C) groups is 1. The molecule has 0 saturated heterocycles. The Kier molecular flexibility index (Phi) is 6.03. The van der Waals surface area contributed by atoms with Crippen LogP contribution in [-0.4, -0.2) is 36.1 Å². The molecule has 0 radical (unpaired) electrons. The summed E-state index contributed by atoms with van der Waals surface area (Å²) in [4.78, 5) is 15.5. The Morgan fingerprint density at radius 3 is 2.47 bits per heavy atom. The van der Waals surface area contributed by atoms with Crippen LogP contribution in [0.5, 0.6) is 5.75 Å². The first kappa shape index (κ1) is 23.6. The van der Waals surface area contributed by atoms with Gasteiger partial charge in [-0.05, 0) is 42.2 Å². The smallest absolute Gasteiger partial charge is 0.422 e. The minimum atomic E-state index is -5.15. The van der Waals surface area contributed by atoms with Gasteiger partial charge in [0.1, 0.15) is 17.4 Å². The predicted octanol–water partition coefficient (Wildman–Crippen LogP) is 4.58. The number of alkyl halides is 3. The molecule has 0 saturated carbocycles. The molecule has 1 atom stereocenters. The lowest BCUT2D eigenvalue weighted by Gasteiger charge is -2.36. The van der Waals surface area contributed by atoms with Crippen molar-refractivity contribution in [1.82, 2.24) is 5.32 Å². The van der Waals surface area contributed by atoms with Crippen LogP contribution in [-0.2, 0) is 12.0 Å². The molecule has 5 nitrogen and oxygen atoms in total. The molecule has 1 aliphatic heterocycles. The topological polar surface area (TPSA) is 70.9 Å². The largest absolute Gasteiger partial charge is 0.496 e. The van der Waals surface area contributed by atoms with Crippen LogP contribution in [0.15, 0.2) is 35.3 Å². The molecule has 2 aromatic carbocycles. The lowest BCUT2D eigenvalue weighted by molar-refractivity contribution is -0.234. The van der Waals surface area contributed by atoms with Gasteiger partial charge in [-0.2, -0.15) is 13.2 Å². The number of hydrogen-bond acceptors (Lipinski definition) is 4. The molecule has 1 unspecified atom stereocenters. The van der Waals surface area contributed by atoms with Gasteiger partial charge in [-0.1, -0.05) is 13.8 Å². The third-order valence-corrected chi connectivity index (χ3v) is 5.37. The van der Waals surface area contributed by atoms with Crippen LogP contribution in [0.1, 0.15) is 41.8 Å². The molecule has 32 heavy (non-hydrogen) atoms. The molecule has 0 spiro atoms. The maximum absolute atomic E-state index is 13.9. The molecule has 3 rings (SSSR count).